The van der Waals surface area contributed by atoms with Crippen molar-refractivity contribution in [3.05, 3.63) is 11.6 Å². The number of aromatic nitrogens is 3. The van der Waals surface area contributed by atoms with E-state index in [-0.39, 0.29) is 0 Å². The molecule has 1 aliphatic rings. The zero-order chi connectivity index (χ0) is 11.4. The Morgan fingerprint density at radius 1 is 1.12 bits per heavy atom. The van der Waals surface area contributed by atoms with Crippen molar-refractivity contribution in [1.82, 2.24) is 14.8 Å². The molecular weight excluding hydrogens is 222 g/mol. The molecule has 0 radical (unpaired) electrons. The van der Waals surface area contributed by atoms with Gasteiger partial charge in [-0.25, -0.2) is 0 Å². The van der Waals surface area contributed by atoms with E-state index in [2.05, 4.69) is 14.8 Å². The summed E-state index contributed by atoms with van der Waals surface area (Å²) < 4.78 is 2.05. The highest BCUT2D eigenvalue weighted by atomic mass is 35.5. The molecule has 1 fully saturated rings. The Morgan fingerprint density at radius 2 is 1.75 bits per heavy atom. The van der Waals surface area contributed by atoms with Crippen LogP contribution in [0.25, 0.3) is 0 Å². The monoisotopic (exact) mass is 241 g/mol. The molecule has 4 heteroatoms. The molecule has 0 N–H and O–H groups in total. The highest BCUT2D eigenvalue weighted by molar-refractivity contribution is 6.16. The summed E-state index contributed by atoms with van der Waals surface area (Å²) in [5, 5.41) is 8.34. The second kappa shape index (κ2) is 5.67. The molecule has 1 heterocycles. The molecule has 1 aliphatic carbocycles. The highest BCUT2D eigenvalue weighted by Gasteiger charge is 2.16. The fourth-order valence-electron chi connectivity index (χ4n) is 2.52. The molecule has 90 valence electrons. The van der Waals surface area contributed by atoms with E-state index in [1.54, 1.807) is 0 Å². The van der Waals surface area contributed by atoms with Gasteiger partial charge in [0, 0.05) is 13.5 Å². The van der Waals surface area contributed by atoms with E-state index in [1.165, 1.54) is 38.5 Å². The summed E-state index contributed by atoms with van der Waals surface area (Å²) in [5.74, 6) is 3.23. The van der Waals surface area contributed by atoms with E-state index in [0.29, 0.717) is 5.88 Å². The topological polar surface area (TPSA) is 30.7 Å². The number of hydrogen-bond acceptors (Lipinski definition) is 2. The zero-order valence-corrected chi connectivity index (χ0v) is 10.7. The summed E-state index contributed by atoms with van der Waals surface area (Å²) in [5.41, 5.74) is 0. The Hall–Kier alpha value is -0.570. The molecule has 1 aromatic rings. The third-order valence-electron chi connectivity index (χ3n) is 3.62. The van der Waals surface area contributed by atoms with Crippen LogP contribution in [0.1, 0.15) is 50.2 Å². The SMILES string of the molecule is Cn1c(CCl)nnc1CC1CCCCCC1. The van der Waals surface area contributed by atoms with Crippen molar-refractivity contribution in [2.24, 2.45) is 13.0 Å². The Bertz CT molecular complexity index is 327. The highest BCUT2D eigenvalue weighted by Crippen LogP contribution is 2.25. The minimum atomic E-state index is 0.453. The molecule has 16 heavy (non-hydrogen) atoms. The quantitative estimate of drug-likeness (QED) is 0.602. The van der Waals surface area contributed by atoms with Crippen molar-refractivity contribution < 1.29 is 0 Å². The van der Waals surface area contributed by atoms with Gasteiger partial charge in [0.1, 0.15) is 11.6 Å². The fourth-order valence-corrected chi connectivity index (χ4v) is 2.75. The first kappa shape index (κ1) is 11.9. The predicted molar refractivity (Wildman–Crippen MR) is 65.5 cm³/mol. The summed E-state index contributed by atoms with van der Waals surface area (Å²) in [4.78, 5) is 0. The van der Waals surface area contributed by atoms with Crippen LogP contribution < -0.4 is 0 Å². The summed E-state index contributed by atoms with van der Waals surface area (Å²) in [6.07, 6.45) is 9.34. The van der Waals surface area contributed by atoms with E-state index in [0.717, 1.165) is 24.0 Å². The average molecular weight is 242 g/mol. The zero-order valence-electron chi connectivity index (χ0n) is 9.95. The molecule has 1 saturated carbocycles. The number of alkyl halides is 1. The third kappa shape index (κ3) is 2.76. The molecule has 3 nitrogen and oxygen atoms in total. The van der Waals surface area contributed by atoms with Gasteiger partial charge in [0.25, 0.3) is 0 Å². The van der Waals surface area contributed by atoms with Crippen molar-refractivity contribution in [3.8, 4) is 0 Å². The molecule has 1 aromatic heterocycles. The molecule has 0 spiro atoms. The van der Waals surface area contributed by atoms with Gasteiger partial charge in [-0.05, 0) is 5.92 Å². The normalized spacial score (nSPS) is 18.6. The lowest BCUT2D eigenvalue weighted by Gasteiger charge is -2.12. The van der Waals surface area contributed by atoms with E-state index >= 15 is 0 Å². The molecule has 2 rings (SSSR count). The molecule has 0 amide bonds. The van der Waals surface area contributed by atoms with Crippen LogP contribution in [0.5, 0.6) is 0 Å². The van der Waals surface area contributed by atoms with Crippen molar-refractivity contribution in [2.45, 2.75) is 50.8 Å². The van der Waals surface area contributed by atoms with Gasteiger partial charge in [0.2, 0.25) is 0 Å². The largest absolute Gasteiger partial charge is 0.317 e. The second-order valence-electron chi connectivity index (χ2n) is 4.79. The van der Waals surface area contributed by atoms with Gasteiger partial charge in [-0.3, -0.25) is 0 Å². The first-order valence-corrected chi connectivity index (χ1v) is 6.78. The number of halogens is 1. The van der Waals surface area contributed by atoms with Gasteiger partial charge in [-0.2, -0.15) is 0 Å². The van der Waals surface area contributed by atoms with E-state index in [1.807, 2.05) is 7.05 Å². The maximum atomic E-state index is 5.79. The summed E-state index contributed by atoms with van der Waals surface area (Å²) in [6, 6.07) is 0. The van der Waals surface area contributed by atoms with Crippen LogP contribution in [-0.2, 0) is 19.3 Å². The van der Waals surface area contributed by atoms with Crippen LogP contribution in [0.4, 0.5) is 0 Å². The maximum absolute atomic E-state index is 5.79. The summed E-state index contributed by atoms with van der Waals surface area (Å²) in [6.45, 7) is 0. The Morgan fingerprint density at radius 3 is 2.31 bits per heavy atom. The number of hydrogen-bond donors (Lipinski definition) is 0. The van der Waals surface area contributed by atoms with Crippen molar-refractivity contribution in [2.75, 3.05) is 0 Å². The molecule has 0 aromatic carbocycles. The number of rotatable bonds is 3. The lowest BCUT2D eigenvalue weighted by Crippen LogP contribution is -2.09. The predicted octanol–water partition coefficient (Wildman–Crippen LogP) is 3.07. The third-order valence-corrected chi connectivity index (χ3v) is 3.86. The first-order chi connectivity index (χ1) is 7.81. The van der Waals surface area contributed by atoms with Gasteiger partial charge in [-0.15, -0.1) is 21.8 Å². The van der Waals surface area contributed by atoms with Crippen molar-refractivity contribution >= 4 is 11.6 Å². The standard InChI is InChI=1S/C12H20ClN3/c1-16-11(14-15-12(16)9-13)8-10-6-4-2-3-5-7-10/h10H,2-9H2,1H3. The van der Waals surface area contributed by atoms with Gasteiger partial charge < -0.3 is 4.57 Å². The summed E-state index contributed by atoms with van der Waals surface area (Å²) >= 11 is 5.79. The van der Waals surface area contributed by atoms with Gasteiger partial charge in [0.05, 0.1) is 5.88 Å². The molecule has 0 atom stereocenters. The van der Waals surface area contributed by atoms with Crippen LogP contribution in [0.2, 0.25) is 0 Å². The molecule has 0 aliphatic heterocycles. The van der Waals surface area contributed by atoms with Gasteiger partial charge in [0.15, 0.2) is 0 Å². The Kier molecular flexibility index (Phi) is 4.22. The number of nitrogens with zero attached hydrogens (tertiary/aromatic N) is 3. The van der Waals surface area contributed by atoms with Crippen LogP contribution in [0.3, 0.4) is 0 Å². The lowest BCUT2D eigenvalue weighted by molar-refractivity contribution is 0.442. The Balaban J connectivity index is 1.99. The van der Waals surface area contributed by atoms with Crippen LogP contribution in [0.15, 0.2) is 0 Å². The van der Waals surface area contributed by atoms with E-state index in [9.17, 15) is 0 Å². The van der Waals surface area contributed by atoms with Crippen molar-refractivity contribution in [1.29, 1.82) is 0 Å². The molecule has 0 bridgehead atoms. The van der Waals surface area contributed by atoms with Crippen LogP contribution >= 0.6 is 11.6 Å². The van der Waals surface area contributed by atoms with Gasteiger partial charge >= 0.3 is 0 Å². The van der Waals surface area contributed by atoms with Gasteiger partial charge in [-0.1, -0.05) is 38.5 Å². The minimum Gasteiger partial charge on any atom is -0.317 e. The summed E-state index contributed by atoms with van der Waals surface area (Å²) in [7, 11) is 2.02. The van der Waals surface area contributed by atoms with Crippen LogP contribution in [0, 0.1) is 5.92 Å². The molecular formula is C12H20ClN3. The first-order valence-electron chi connectivity index (χ1n) is 6.24. The lowest BCUT2D eigenvalue weighted by atomic mass is 9.96. The van der Waals surface area contributed by atoms with E-state index in [4.69, 9.17) is 11.6 Å². The van der Waals surface area contributed by atoms with Crippen molar-refractivity contribution in [3.63, 3.8) is 0 Å². The second-order valence-corrected chi connectivity index (χ2v) is 5.05. The Labute approximate surface area is 102 Å². The minimum absolute atomic E-state index is 0.453. The smallest absolute Gasteiger partial charge is 0.147 e. The average Bonchev–Trinajstić information content (AvgIpc) is 2.52. The maximum Gasteiger partial charge on any atom is 0.147 e. The van der Waals surface area contributed by atoms with Crippen LogP contribution in [-0.4, -0.2) is 14.8 Å². The molecule has 0 unspecified atom stereocenters. The molecule has 0 saturated heterocycles. The fraction of sp³-hybridized carbons (Fsp3) is 0.833. The van der Waals surface area contributed by atoms with E-state index < -0.39 is 0 Å².